The number of para-hydroxylation sites is 1. The van der Waals surface area contributed by atoms with Gasteiger partial charge in [-0.1, -0.05) is 36.0 Å². The molecule has 0 saturated carbocycles. The fraction of sp³-hybridized carbons (Fsp3) is 0.0500. The second kappa shape index (κ2) is 8.04. The van der Waals surface area contributed by atoms with Crippen LogP contribution in [0.1, 0.15) is 10.4 Å². The Hall–Kier alpha value is -2.84. The maximum Gasteiger partial charge on any atom is 0.196 e. The number of aromatic nitrogens is 3. The van der Waals surface area contributed by atoms with E-state index in [1.807, 2.05) is 52.4 Å². The summed E-state index contributed by atoms with van der Waals surface area (Å²) in [5.41, 5.74) is 0.995. The summed E-state index contributed by atoms with van der Waals surface area (Å²) >= 11 is 2.75. The lowest BCUT2D eigenvalue weighted by atomic mass is 10.1. The smallest absolute Gasteiger partial charge is 0.196 e. The normalized spacial score (nSPS) is 10.9. The van der Waals surface area contributed by atoms with Crippen molar-refractivity contribution >= 4 is 28.9 Å². The average Bonchev–Trinajstić information content (AvgIpc) is 3.38. The van der Waals surface area contributed by atoms with Gasteiger partial charge in [-0.2, -0.15) is 0 Å². The first-order valence-corrected chi connectivity index (χ1v) is 10.2. The van der Waals surface area contributed by atoms with Gasteiger partial charge in [0.2, 0.25) is 0 Å². The van der Waals surface area contributed by atoms with Gasteiger partial charge in [-0.25, -0.2) is 8.78 Å². The summed E-state index contributed by atoms with van der Waals surface area (Å²) in [7, 11) is 0. The number of halogens is 2. The van der Waals surface area contributed by atoms with Gasteiger partial charge in [0, 0.05) is 11.3 Å². The molecule has 2 aromatic carbocycles. The van der Waals surface area contributed by atoms with Crippen molar-refractivity contribution in [2.24, 2.45) is 0 Å². The molecule has 0 aliphatic heterocycles. The lowest BCUT2D eigenvalue weighted by molar-refractivity contribution is 0.102. The molecule has 0 N–H and O–H groups in total. The summed E-state index contributed by atoms with van der Waals surface area (Å²) in [6.45, 7) is 0. The standard InChI is InChI=1S/C20H13F2N3OS2/c21-15-9-8-13(11-16(15)22)17(26)12-28-20-24-23-19(18-7-4-10-27-18)25(20)14-5-2-1-3-6-14/h1-11H,12H2. The molecular formula is C20H13F2N3OS2. The zero-order valence-electron chi connectivity index (χ0n) is 14.4. The monoisotopic (exact) mass is 413 g/mol. The molecule has 4 rings (SSSR count). The van der Waals surface area contributed by atoms with E-state index >= 15 is 0 Å². The SMILES string of the molecule is O=C(CSc1nnc(-c2cccs2)n1-c1ccccc1)c1ccc(F)c(F)c1. The molecule has 0 spiro atoms. The number of carbonyl (C=O) groups is 1. The maximum absolute atomic E-state index is 13.4. The van der Waals surface area contributed by atoms with Gasteiger partial charge in [-0.3, -0.25) is 9.36 Å². The van der Waals surface area contributed by atoms with Crippen molar-refractivity contribution in [1.29, 1.82) is 0 Å². The minimum atomic E-state index is -1.04. The Labute approximate surface area is 167 Å². The molecule has 0 fully saturated rings. The highest BCUT2D eigenvalue weighted by Crippen LogP contribution is 2.30. The van der Waals surface area contributed by atoms with Gasteiger partial charge >= 0.3 is 0 Å². The summed E-state index contributed by atoms with van der Waals surface area (Å²) in [6, 6.07) is 16.6. The number of carbonyl (C=O) groups excluding carboxylic acids is 1. The van der Waals surface area contributed by atoms with Gasteiger partial charge in [0.1, 0.15) is 0 Å². The van der Waals surface area contributed by atoms with Crippen LogP contribution in [0.3, 0.4) is 0 Å². The third-order valence-corrected chi connectivity index (χ3v) is 5.76. The molecule has 0 radical (unpaired) electrons. The third-order valence-electron chi connectivity index (χ3n) is 3.96. The first-order chi connectivity index (χ1) is 13.6. The van der Waals surface area contributed by atoms with Crippen LogP contribution in [-0.4, -0.2) is 26.3 Å². The number of thioether (sulfide) groups is 1. The van der Waals surface area contributed by atoms with E-state index in [4.69, 9.17) is 0 Å². The molecule has 140 valence electrons. The van der Waals surface area contributed by atoms with Crippen LogP contribution in [0, 0.1) is 11.6 Å². The molecule has 4 nitrogen and oxygen atoms in total. The largest absolute Gasteiger partial charge is 0.293 e. The Balaban J connectivity index is 1.63. The van der Waals surface area contributed by atoms with Gasteiger partial charge in [-0.05, 0) is 41.8 Å². The van der Waals surface area contributed by atoms with Gasteiger partial charge in [0.25, 0.3) is 0 Å². The number of nitrogens with zero attached hydrogens (tertiary/aromatic N) is 3. The summed E-state index contributed by atoms with van der Waals surface area (Å²) in [4.78, 5) is 13.4. The van der Waals surface area contributed by atoms with Crippen LogP contribution >= 0.6 is 23.1 Å². The van der Waals surface area contributed by atoms with Crippen molar-refractivity contribution in [1.82, 2.24) is 14.8 Å². The second-order valence-electron chi connectivity index (χ2n) is 5.80. The van der Waals surface area contributed by atoms with Crippen molar-refractivity contribution in [3.05, 3.63) is 83.2 Å². The van der Waals surface area contributed by atoms with E-state index in [9.17, 15) is 13.6 Å². The highest BCUT2D eigenvalue weighted by Gasteiger charge is 2.18. The molecule has 0 aliphatic rings. The fourth-order valence-corrected chi connectivity index (χ4v) is 4.17. The Morgan fingerprint density at radius 2 is 1.82 bits per heavy atom. The lowest BCUT2D eigenvalue weighted by Crippen LogP contribution is -2.05. The van der Waals surface area contributed by atoms with E-state index in [-0.39, 0.29) is 17.1 Å². The lowest BCUT2D eigenvalue weighted by Gasteiger charge is -2.09. The van der Waals surface area contributed by atoms with Crippen LogP contribution in [0.25, 0.3) is 16.4 Å². The van der Waals surface area contributed by atoms with Crippen molar-refractivity contribution in [3.8, 4) is 16.4 Å². The van der Waals surface area contributed by atoms with Crippen LogP contribution in [0.5, 0.6) is 0 Å². The number of Topliss-reactive ketones (excluding diaryl/α,β-unsaturated/α-hetero) is 1. The Kier molecular flexibility index (Phi) is 5.31. The van der Waals surface area contributed by atoms with Crippen molar-refractivity contribution in [3.63, 3.8) is 0 Å². The quantitative estimate of drug-likeness (QED) is 0.320. The van der Waals surface area contributed by atoms with Crippen LogP contribution in [0.15, 0.2) is 71.2 Å². The fourth-order valence-electron chi connectivity index (χ4n) is 2.62. The van der Waals surface area contributed by atoms with Crippen LogP contribution in [-0.2, 0) is 0 Å². The molecular weight excluding hydrogens is 400 g/mol. The van der Waals surface area contributed by atoms with E-state index in [0.717, 1.165) is 22.7 Å². The van der Waals surface area contributed by atoms with Crippen molar-refractivity contribution in [2.75, 3.05) is 5.75 Å². The van der Waals surface area contributed by atoms with Crippen LogP contribution in [0.4, 0.5) is 8.78 Å². The number of ketones is 1. The van der Waals surface area contributed by atoms with E-state index in [0.29, 0.717) is 11.0 Å². The molecule has 0 unspecified atom stereocenters. The van der Waals surface area contributed by atoms with Crippen LogP contribution < -0.4 is 0 Å². The summed E-state index contributed by atoms with van der Waals surface area (Å²) in [5.74, 6) is -1.62. The van der Waals surface area contributed by atoms with E-state index < -0.39 is 11.6 Å². The number of thiophene rings is 1. The average molecular weight is 413 g/mol. The van der Waals surface area contributed by atoms with Crippen molar-refractivity contribution in [2.45, 2.75) is 5.16 Å². The zero-order chi connectivity index (χ0) is 19.5. The molecule has 2 aromatic heterocycles. The van der Waals surface area contributed by atoms with Crippen molar-refractivity contribution < 1.29 is 13.6 Å². The summed E-state index contributed by atoms with van der Waals surface area (Å²) < 4.78 is 28.4. The first-order valence-electron chi connectivity index (χ1n) is 8.29. The summed E-state index contributed by atoms with van der Waals surface area (Å²) in [6.07, 6.45) is 0. The molecule has 0 amide bonds. The molecule has 2 heterocycles. The van der Waals surface area contributed by atoms with Gasteiger partial charge < -0.3 is 0 Å². The predicted molar refractivity (Wildman–Crippen MR) is 106 cm³/mol. The number of hydrogen-bond donors (Lipinski definition) is 0. The predicted octanol–water partition coefficient (Wildman–Crippen LogP) is 5.25. The molecule has 4 aromatic rings. The first kappa shape index (κ1) is 18.5. The highest BCUT2D eigenvalue weighted by atomic mass is 32.2. The highest BCUT2D eigenvalue weighted by molar-refractivity contribution is 7.99. The third kappa shape index (κ3) is 3.74. The Bertz CT molecular complexity index is 1110. The van der Waals surface area contributed by atoms with Gasteiger partial charge in [0.15, 0.2) is 28.4 Å². The number of hydrogen-bond acceptors (Lipinski definition) is 5. The maximum atomic E-state index is 13.4. The van der Waals surface area contributed by atoms with E-state index in [2.05, 4.69) is 10.2 Å². The molecule has 0 aliphatic carbocycles. The second-order valence-corrected chi connectivity index (χ2v) is 7.69. The molecule has 0 atom stereocenters. The van der Waals surface area contributed by atoms with Gasteiger partial charge in [-0.15, -0.1) is 21.5 Å². The minimum Gasteiger partial charge on any atom is -0.293 e. The van der Waals surface area contributed by atoms with E-state index in [1.165, 1.54) is 17.8 Å². The summed E-state index contributed by atoms with van der Waals surface area (Å²) in [5, 5.41) is 11.0. The van der Waals surface area contributed by atoms with Gasteiger partial charge in [0.05, 0.1) is 10.6 Å². The Morgan fingerprint density at radius 1 is 1.00 bits per heavy atom. The van der Waals surface area contributed by atoms with Crippen LogP contribution in [0.2, 0.25) is 0 Å². The minimum absolute atomic E-state index is 0.0283. The number of benzene rings is 2. The molecule has 0 bridgehead atoms. The molecule has 0 saturated heterocycles. The Morgan fingerprint density at radius 3 is 2.54 bits per heavy atom. The topological polar surface area (TPSA) is 47.8 Å². The zero-order valence-corrected chi connectivity index (χ0v) is 16.0. The number of rotatable bonds is 6. The molecule has 28 heavy (non-hydrogen) atoms. The van der Waals surface area contributed by atoms with E-state index in [1.54, 1.807) is 11.3 Å². The molecule has 8 heteroatoms.